The molecule has 0 bridgehead atoms. The number of rotatable bonds is 1. The first-order chi connectivity index (χ1) is 8.99. The van der Waals surface area contributed by atoms with Crippen LogP contribution in [0.1, 0.15) is 60.8 Å². The molecule has 0 spiro atoms. The summed E-state index contributed by atoms with van der Waals surface area (Å²) in [6.07, 6.45) is 1.82. The maximum Gasteiger partial charge on any atom is 0.429 e. The van der Waals surface area contributed by atoms with Crippen LogP contribution in [0.5, 0.6) is 0 Å². The van der Waals surface area contributed by atoms with Crippen LogP contribution < -0.4 is 0 Å². The molecule has 1 aliphatic heterocycles. The van der Waals surface area contributed by atoms with E-state index in [4.69, 9.17) is 4.74 Å². The van der Waals surface area contributed by atoms with Crippen LogP contribution in [0.25, 0.3) is 0 Å². The predicted octanol–water partition coefficient (Wildman–Crippen LogP) is 3.20. The third kappa shape index (κ3) is 5.39. The van der Waals surface area contributed by atoms with Crippen molar-refractivity contribution in [3.05, 3.63) is 0 Å². The summed E-state index contributed by atoms with van der Waals surface area (Å²) in [5.74, 6) is -0.0111. The number of carbonyl (C=O) groups is 2. The van der Waals surface area contributed by atoms with Crippen molar-refractivity contribution in [2.75, 3.05) is 13.1 Å². The molecule has 0 atom stereocenters. The Morgan fingerprint density at radius 3 is 1.90 bits per heavy atom. The molecule has 5 heteroatoms. The second-order valence-electron chi connectivity index (χ2n) is 7.56. The van der Waals surface area contributed by atoms with Crippen molar-refractivity contribution in [2.24, 2.45) is 5.41 Å². The van der Waals surface area contributed by atoms with Gasteiger partial charge in [0.1, 0.15) is 5.60 Å². The molecule has 0 saturated carbocycles. The molecule has 2 amide bonds. The van der Waals surface area contributed by atoms with Gasteiger partial charge in [-0.25, -0.2) is 14.8 Å². The summed E-state index contributed by atoms with van der Waals surface area (Å²) in [6, 6.07) is 0. The third-order valence-corrected chi connectivity index (χ3v) is 2.85. The summed E-state index contributed by atoms with van der Waals surface area (Å²) in [6.45, 7) is 12.7. The highest BCUT2D eigenvalue weighted by atomic mass is 16.6. The molecule has 0 aliphatic carbocycles. The van der Waals surface area contributed by atoms with Gasteiger partial charge in [0.25, 0.3) is 0 Å². The number of hydrogen-bond donors (Lipinski definition) is 0. The molecule has 0 aromatic carbocycles. The van der Waals surface area contributed by atoms with Crippen molar-refractivity contribution >= 4 is 12.0 Å². The number of ether oxygens (including phenoxy) is 1. The molecule has 116 valence electrons. The fraction of sp³-hybridized carbons (Fsp3) is 0.867. The van der Waals surface area contributed by atoms with Crippen LogP contribution in [0.2, 0.25) is 0 Å². The van der Waals surface area contributed by atoms with Gasteiger partial charge >= 0.3 is 6.09 Å². The van der Waals surface area contributed by atoms with Crippen LogP contribution in [-0.4, -0.2) is 40.7 Å². The summed E-state index contributed by atoms with van der Waals surface area (Å²) in [7, 11) is 0. The van der Waals surface area contributed by atoms with Crippen LogP contribution in [0, 0.1) is 5.41 Å². The Balaban J connectivity index is 2.76. The van der Waals surface area contributed by atoms with Crippen molar-refractivity contribution in [1.82, 2.24) is 10.0 Å². The van der Waals surface area contributed by atoms with E-state index in [-0.39, 0.29) is 11.3 Å². The Labute approximate surface area is 122 Å². The van der Waals surface area contributed by atoms with Crippen LogP contribution in [0.15, 0.2) is 0 Å². The molecule has 5 nitrogen and oxygen atoms in total. The van der Waals surface area contributed by atoms with E-state index in [9.17, 15) is 9.59 Å². The lowest BCUT2D eigenvalue weighted by Gasteiger charge is -2.39. The van der Waals surface area contributed by atoms with Gasteiger partial charge < -0.3 is 4.74 Å². The highest BCUT2D eigenvalue weighted by Gasteiger charge is 2.33. The lowest BCUT2D eigenvalue weighted by atomic mass is 9.92. The molecule has 0 N–H and O–H groups in total. The minimum atomic E-state index is -0.548. The normalized spacial score (nSPS) is 17.1. The fourth-order valence-electron chi connectivity index (χ4n) is 2.07. The zero-order chi connectivity index (χ0) is 15.6. The van der Waals surface area contributed by atoms with Gasteiger partial charge in [0.05, 0.1) is 0 Å². The quantitative estimate of drug-likeness (QED) is 0.743. The van der Waals surface area contributed by atoms with Crippen molar-refractivity contribution in [2.45, 2.75) is 66.4 Å². The minimum Gasteiger partial charge on any atom is -0.442 e. The first-order valence-corrected chi connectivity index (χ1v) is 7.30. The molecule has 20 heavy (non-hydrogen) atoms. The van der Waals surface area contributed by atoms with Gasteiger partial charge in [-0.15, -0.1) is 0 Å². The van der Waals surface area contributed by atoms with E-state index in [1.807, 2.05) is 41.5 Å². The van der Waals surface area contributed by atoms with Crippen LogP contribution in [0.4, 0.5) is 4.79 Å². The second-order valence-corrected chi connectivity index (χ2v) is 7.56. The number of hydrogen-bond acceptors (Lipinski definition) is 3. The Morgan fingerprint density at radius 2 is 1.45 bits per heavy atom. The van der Waals surface area contributed by atoms with Gasteiger partial charge in [0.2, 0.25) is 5.91 Å². The Kier molecular flexibility index (Phi) is 5.05. The molecule has 0 aromatic rings. The number of hydrazine groups is 1. The standard InChI is InChI=1S/C15H28N2O3/c1-14(2,3)11-12(18)16-9-7-8-10-17(16)13(19)20-15(4,5)6/h7-11H2,1-6H3. The summed E-state index contributed by atoms with van der Waals surface area (Å²) in [5, 5.41) is 3.02. The Bertz CT molecular complexity index is 330. The van der Waals surface area contributed by atoms with Gasteiger partial charge in [-0.1, -0.05) is 20.8 Å². The molecule has 1 rings (SSSR count). The molecule has 1 aliphatic rings. The van der Waals surface area contributed by atoms with Gasteiger partial charge in [0.15, 0.2) is 0 Å². The lowest BCUT2D eigenvalue weighted by molar-refractivity contribution is -0.153. The molecule has 0 unspecified atom stereocenters. The molecule has 0 radical (unpaired) electrons. The molecule has 1 heterocycles. The van der Waals surface area contributed by atoms with Gasteiger partial charge in [-0.05, 0) is 39.0 Å². The first kappa shape index (κ1) is 16.8. The Hall–Kier alpha value is -1.26. The topological polar surface area (TPSA) is 49.9 Å². The zero-order valence-corrected chi connectivity index (χ0v) is 13.7. The smallest absolute Gasteiger partial charge is 0.429 e. The van der Waals surface area contributed by atoms with E-state index in [0.29, 0.717) is 19.5 Å². The zero-order valence-electron chi connectivity index (χ0n) is 13.7. The van der Waals surface area contributed by atoms with E-state index in [0.717, 1.165) is 12.8 Å². The molecular weight excluding hydrogens is 256 g/mol. The first-order valence-electron chi connectivity index (χ1n) is 7.30. The largest absolute Gasteiger partial charge is 0.442 e. The van der Waals surface area contributed by atoms with E-state index in [1.54, 1.807) is 5.01 Å². The number of carbonyl (C=O) groups excluding carboxylic acids is 2. The molecule has 1 fully saturated rings. The van der Waals surface area contributed by atoms with Crippen LogP contribution in [-0.2, 0) is 9.53 Å². The predicted molar refractivity (Wildman–Crippen MR) is 78.0 cm³/mol. The number of amides is 2. The van der Waals surface area contributed by atoms with Crippen molar-refractivity contribution < 1.29 is 14.3 Å². The van der Waals surface area contributed by atoms with Gasteiger partial charge in [-0.3, -0.25) is 4.79 Å². The fourth-order valence-corrected chi connectivity index (χ4v) is 2.07. The average Bonchev–Trinajstić information content (AvgIpc) is 2.24. The molecule has 0 aromatic heterocycles. The maximum absolute atomic E-state index is 12.4. The van der Waals surface area contributed by atoms with Gasteiger partial charge in [-0.2, -0.15) is 0 Å². The minimum absolute atomic E-state index is 0.0111. The summed E-state index contributed by atoms with van der Waals surface area (Å²) in [4.78, 5) is 24.6. The van der Waals surface area contributed by atoms with E-state index >= 15 is 0 Å². The lowest BCUT2D eigenvalue weighted by Crippen LogP contribution is -2.54. The van der Waals surface area contributed by atoms with Crippen molar-refractivity contribution in [3.8, 4) is 0 Å². The Morgan fingerprint density at radius 1 is 0.950 bits per heavy atom. The molecule has 1 saturated heterocycles. The SMILES string of the molecule is CC(C)(C)CC(=O)N1CCCCN1C(=O)OC(C)(C)C. The molecular formula is C15H28N2O3. The third-order valence-electron chi connectivity index (χ3n) is 2.85. The van der Waals surface area contributed by atoms with E-state index in [2.05, 4.69) is 0 Å². The maximum atomic E-state index is 12.4. The van der Waals surface area contributed by atoms with Crippen molar-refractivity contribution in [3.63, 3.8) is 0 Å². The van der Waals surface area contributed by atoms with E-state index < -0.39 is 11.7 Å². The van der Waals surface area contributed by atoms with Crippen LogP contribution >= 0.6 is 0 Å². The van der Waals surface area contributed by atoms with Crippen molar-refractivity contribution in [1.29, 1.82) is 0 Å². The average molecular weight is 284 g/mol. The summed E-state index contributed by atoms with van der Waals surface area (Å²) < 4.78 is 5.38. The highest BCUT2D eigenvalue weighted by Crippen LogP contribution is 2.23. The second kappa shape index (κ2) is 6.02. The summed E-state index contributed by atoms with van der Waals surface area (Å²) in [5.41, 5.74) is -0.637. The van der Waals surface area contributed by atoms with Crippen LogP contribution in [0.3, 0.4) is 0 Å². The number of nitrogens with zero attached hydrogens (tertiary/aromatic N) is 2. The van der Waals surface area contributed by atoms with E-state index in [1.165, 1.54) is 5.01 Å². The monoisotopic (exact) mass is 284 g/mol. The highest BCUT2D eigenvalue weighted by molar-refractivity contribution is 5.80. The van der Waals surface area contributed by atoms with Gasteiger partial charge in [0, 0.05) is 19.5 Å². The summed E-state index contributed by atoms with van der Waals surface area (Å²) >= 11 is 0.